The molecule has 4 nitrogen and oxygen atoms in total. The van der Waals surface area contributed by atoms with Gasteiger partial charge in [-0.1, -0.05) is 42.5 Å². The van der Waals surface area contributed by atoms with E-state index in [1.807, 2.05) is 0 Å². The molecule has 5 heteroatoms. The van der Waals surface area contributed by atoms with Crippen LogP contribution in [0.5, 0.6) is 0 Å². The zero-order valence-electron chi connectivity index (χ0n) is 13.1. The van der Waals surface area contributed by atoms with Gasteiger partial charge < -0.3 is 10.2 Å². The van der Waals surface area contributed by atoms with Gasteiger partial charge in [-0.2, -0.15) is 0 Å². The van der Waals surface area contributed by atoms with Gasteiger partial charge in [-0.05, 0) is 42.5 Å². The molecule has 24 heavy (non-hydrogen) atoms. The molecule has 0 saturated carbocycles. The van der Waals surface area contributed by atoms with Crippen LogP contribution < -0.4 is 0 Å². The molecule has 0 spiro atoms. The van der Waals surface area contributed by atoms with E-state index in [4.69, 9.17) is 0 Å². The van der Waals surface area contributed by atoms with E-state index in [1.165, 1.54) is 12.1 Å². The van der Waals surface area contributed by atoms with E-state index in [2.05, 4.69) is 0 Å². The Kier molecular flexibility index (Phi) is 6.07. The fraction of sp³-hybridized carbons (Fsp3) is 0.263. The molecule has 2 N–H and O–H groups in total. The second-order valence-corrected chi connectivity index (χ2v) is 5.74. The molecule has 0 aliphatic rings. The number of carbonyl (C=O) groups is 2. The Bertz CT molecular complexity index is 682. The first-order valence-corrected chi connectivity index (χ1v) is 7.72. The Morgan fingerprint density at radius 2 is 1.50 bits per heavy atom. The van der Waals surface area contributed by atoms with Crippen molar-refractivity contribution in [3.8, 4) is 0 Å². The molecule has 2 rings (SSSR count). The van der Waals surface area contributed by atoms with Crippen LogP contribution in [0.4, 0.5) is 4.39 Å². The topological polar surface area (TPSA) is 74.6 Å². The summed E-state index contributed by atoms with van der Waals surface area (Å²) < 4.78 is 12.9. The molecular weight excluding hydrogens is 311 g/mol. The van der Waals surface area contributed by atoms with Crippen molar-refractivity contribution in [2.45, 2.75) is 25.2 Å². The van der Waals surface area contributed by atoms with Gasteiger partial charge in [-0.25, -0.2) is 4.39 Å². The van der Waals surface area contributed by atoms with Gasteiger partial charge in [0, 0.05) is 0 Å². The number of hydrogen-bond acceptors (Lipinski definition) is 2. The van der Waals surface area contributed by atoms with Gasteiger partial charge in [0.05, 0.1) is 11.8 Å². The zero-order valence-corrected chi connectivity index (χ0v) is 13.1. The van der Waals surface area contributed by atoms with Gasteiger partial charge in [-0.15, -0.1) is 0 Å². The predicted octanol–water partition coefficient (Wildman–Crippen LogP) is 3.72. The van der Waals surface area contributed by atoms with Gasteiger partial charge in [0.15, 0.2) is 0 Å². The maximum absolute atomic E-state index is 12.9. The van der Waals surface area contributed by atoms with E-state index in [0.717, 1.165) is 5.56 Å². The smallest absolute Gasteiger partial charge is 0.310 e. The summed E-state index contributed by atoms with van der Waals surface area (Å²) in [7, 11) is 0. The third-order valence-corrected chi connectivity index (χ3v) is 4.05. The van der Waals surface area contributed by atoms with Crippen molar-refractivity contribution in [1.82, 2.24) is 0 Å². The summed E-state index contributed by atoms with van der Waals surface area (Å²) in [5.41, 5.74) is 1.38. The van der Waals surface area contributed by atoms with Crippen molar-refractivity contribution in [2.24, 2.45) is 5.92 Å². The van der Waals surface area contributed by atoms with E-state index < -0.39 is 23.8 Å². The van der Waals surface area contributed by atoms with E-state index in [-0.39, 0.29) is 25.1 Å². The molecule has 0 aliphatic heterocycles. The molecule has 0 fully saturated rings. The number of rotatable bonds is 8. The number of hydrogen-bond donors (Lipinski definition) is 2. The number of halogens is 1. The molecule has 0 radical (unpaired) electrons. The zero-order chi connectivity index (χ0) is 17.5. The first-order valence-electron chi connectivity index (χ1n) is 7.72. The van der Waals surface area contributed by atoms with Crippen molar-refractivity contribution in [1.29, 1.82) is 0 Å². The summed E-state index contributed by atoms with van der Waals surface area (Å²) in [6.45, 7) is 0. The van der Waals surface area contributed by atoms with Gasteiger partial charge in [0.25, 0.3) is 0 Å². The van der Waals surface area contributed by atoms with Crippen molar-refractivity contribution < 1.29 is 24.2 Å². The summed E-state index contributed by atoms with van der Waals surface area (Å²) in [6.07, 6.45) is 0.715. The average molecular weight is 330 g/mol. The van der Waals surface area contributed by atoms with Crippen LogP contribution in [-0.2, 0) is 16.0 Å². The summed E-state index contributed by atoms with van der Waals surface area (Å²) in [5.74, 6) is -3.76. The Morgan fingerprint density at radius 3 is 2.04 bits per heavy atom. The molecule has 0 aromatic heterocycles. The van der Waals surface area contributed by atoms with Crippen molar-refractivity contribution in [3.63, 3.8) is 0 Å². The third kappa shape index (κ3) is 4.91. The Balaban J connectivity index is 2.05. The Hall–Kier alpha value is -2.69. The largest absolute Gasteiger partial charge is 0.481 e. The number of carboxylic acid groups (broad SMARTS) is 2. The molecule has 0 saturated heterocycles. The van der Waals surface area contributed by atoms with Crippen LogP contribution in [0.2, 0.25) is 0 Å². The van der Waals surface area contributed by atoms with Crippen LogP contribution in [0, 0.1) is 11.7 Å². The van der Waals surface area contributed by atoms with Crippen LogP contribution in [-0.4, -0.2) is 22.2 Å². The lowest BCUT2D eigenvalue weighted by atomic mass is 9.88. The highest BCUT2D eigenvalue weighted by atomic mass is 19.1. The molecule has 2 atom stereocenters. The van der Waals surface area contributed by atoms with Gasteiger partial charge in [0.2, 0.25) is 0 Å². The first kappa shape index (κ1) is 17.7. The maximum Gasteiger partial charge on any atom is 0.310 e. The van der Waals surface area contributed by atoms with Crippen LogP contribution in [0.1, 0.15) is 29.9 Å². The van der Waals surface area contributed by atoms with E-state index >= 15 is 0 Å². The third-order valence-electron chi connectivity index (χ3n) is 4.05. The lowest BCUT2D eigenvalue weighted by molar-refractivity contribution is -0.143. The van der Waals surface area contributed by atoms with Crippen molar-refractivity contribution >= 4 is 11.9 Å². The standard InChI is InChI=1S/C19H19FO4/c20-16-9-6-13(7-10-16)12-15(18(21)22)8-11-17(19(23)24)14-4-2-1-3-5-14/h1-7,9-10,15,17H,8,11-12H2,(H,21,22)(H,23,24)/t15-,17-/m1/s1. The Morgan fingerprint density at radius 1 is 0.875 bits per heavy atom. The summed E-state index contributed by atoms with van der Waals surface area (Å²) in [6, 6.07) is 14.5. The molecule has 0 amide bonds. The molecule has 0 unspecified atom stereocenters. The number of aliphatic carboxylic acids is 2. The van der Waals surface area contributed by atoms with Gasteiger partial charge in [-0.3, -0.25) is 9.59 Å². The lowest BCUT2D eigenvalue weighted by Gasteiger charge is -2.17. The lowest BCUT2D eigenvalue weighted by Crippen LogP contribution is -2.20. The molecule has 2 aromatic carbocycles. The molecular formula is C19H19FO4. The summed E-state index contributed by atoms with van der Waals surface area (Å²) in [5, 5.41) is 18.8. The second-order valence-electron chi connectivity index (χ2n) is 5.74. The normalized spacial score (nSPS) is 13.2. The predicted molar refractivity (Wildman–Crippen MR) is 87.3 cm³/mol. The molecule has 126 valence electrons. The second kappa shape index (κ2) is 8.24. The fourth-order valence-corrected chi connectivity index (χ4v) is 2.70. The maximum atomic E-state index is 12.9. The van der Waals surface area contributed by atoms with E-state index in [0.29, 0.717) is 5.56 Å². The van der Waals surface area contributed by atoms with Crippen LogP contribution >= 0.6 is 0 Å². The summed E-state index contributed by atoms with van der Waals surface area (Å²) >= 11 is 0. The minimum absolute atomic E-state index is 0.234. The minimum Gasteiger partial charge on any atom is -0.481 e. The highest BCUT2D eigenvalue weighted by Crippen LogP contribution is 2.25. The number of carboxylic acids is 2. The molecule has 2 aromatic rings. The van der Waals surface area contributed by atoms with Crippen LogP contribution in [0.25, 0.3) is 0 Å². The molecule has 0 heterocycles. The fourth-order valence-electron chi connectivity index (χ4n) is 2.70. The Labute approximate surface area is 139 Å². The van der Waals surface area contributed by atoms with Crippen LogP contribution in [0.15, 0.2) is 54.6 Å². The van der Waals surface area contributed by atoms with E-state index in [9.17, 15) is 24.2 Å². The highest BCUT2D eigenvalue weighted by Gasteiger charge is 2.24. The van der Waals surface area contributed by atoms with Crippen molar-refractivity contribution in [3.05, 3.63) is 71.5 Å². The van der Waals surface area contributed by atoms with Crippen molar-refractivity contribution in [2.75, 3.05) is 0 Å². The average Bonchev–Trinajstić information content (AvgIpc) is 2.56. The highest BCUT2D eigenvalue weighted by molar-refractivity contribution is 5.76. The SMILES string of the molecule is O=C(O)[C@H](CC[C@@H](C(=O)O)c1ccccc1)Cc1ccc(F)cc1. The van der Waals surface area contributed by atoms with E-state index in [1.54, 1.807) is 42.5 Å². The first-order chi connectivity index (χ1) is 11.5. The number of benzene rings is 2. The quantitative estimate of drug-likeness (QED) is 0.773. The minimum atomic E-state index is -0.975. The van der Waals surface area contributed by atoms with Gasteiger partial charge in [0.1, 0.15) is 5.82 Å². The molecule has 0 aliphatic carbocycles. The molecule has 0 bridgehead atoms. The summed E-state index contributed by atoms with van der Waals surface area (Å²) in [4.78, 5) is 23.0. The monoisotopic (exact) mass is 330 g/mol. The van der Waals surface area contributed by atoms with Crippen LogP contribution in [0.3, 0.4) is 0 Å². The van der Waals surface area contributed by atoms with Gasteiger partial charge >= 0.3 is 11.9 Å².